The average molecular weight is 844 g/mol. The van der Waals surface area contributed by atoms with Gasteiger partial charge in [-0.3, -0.25) is 4.79 Å². The molecule has 0 saturated carbocycles. The molecule has 0 bridgehead atoms. The van der Waals surface area contributed by atoms with E-state index in [0.29, 0.717) is 6.42 Å². The van der Waals surface area contributed by atoms with E-state index in [1.54, 1.807) is 6.08 Å². The van der Waals surface area contributed by atoms with Gasteiger partial charge in [-0.15, -0.1) is 0 Å². The van der Waals surface area contributed by atoms with Gasteiger partial charge in [-0.2, -0.15) is 0 Å². The number of hydrogen-bond acceptors (Lipinski definition) is 8. The maximum atomic E-state index is 13.0. The van der Waals surface area contributed by atoms with Crippen LogP contribution in [0.25, 0.3) is 0 Å². The number of allylic oxidation sites excluding steroid dienone is 11. The average Bonchev–Trinajstić information content (AvgIpc) is 3.25. The summed E-state index contributed by atoms with van der Waals surface area (Å²) in [4.78, 5) is 13.0. The monoisotopic (exact) mass is 844 g/mol. The van der Waals surface area contributed by atoms with Gasteiger partial charge in [0, 0.05) is 6.42 Å². The minimum atomic E-state index is -1.58. The largest absolute Gasteiger partial charge is 0.394 e. The molecule has 346 valence electrons. The van der Waals surface area contributed by atoms with Crippen LogP contribution in [0, 0.1) is 0 Å². The minimum Gasteiger partial charge on any atom is -0.394 e. The standard InChI is InChI=1S/C51H89NO8/c1-3-5-7-9-11-13-15-17-19-21-23-25-27-29-31-33-35-37-39-41-47(55)52-44(43-59-51-50(58)49(57)48(56)46(42-53)60-51)45(54)40-38-36-34-32-30-28-26-24-22-20-18-16-14-12-10-8-6-4-2/h11,13,17,19,22-25,30,32,38,40,44-46,48-51,53-54,56-58H,3-10,12,14-16,18,20-21,26-29,31,33-37,39,41-43H2,1-2H3,(H,52,55)/b13-11-,19-17-,24-22+,25-23-,32-30+,40-38+. The molecule has 9 nitrogen and oxygen atoms in total. The van der Waals surface area contributed by atoms with Gasteiger partial charge >= 0.3 is 0 Å². The molecule has 7 atom stereocenters. The third kappa shape index (κ3) is 30.6. The maximum Gasteiger partial charge on any atom is 0.220 e. The van der Waals surface area contributed by atoms with Gasteiger partial charge in [0.2, 0.25) is 5.91 Å². The summed E-state index contributed by atoms with van der Waals surface area (Å²) in [6, 6.07) is -0.838. The highest BCUT2D eigenvalue weighted by atomic mass is 16.7. The van der Waals surface area contributed by atoms with Gasteiger partial charge in [0.15, 0.2) is 6.29 Å². The van der Waals surface area contributed by atoms with E-state index < -0.39 is 49.5 Å². The lowest BCUT2D eigenvalue weighted by molar-refractivity contribution is -0.302. The molecule has 1 heterocycles. The van der Waals surface area contributed by atoms with Crippen LogP contribution in [0.2, 0.25) is 0 Å². The van der Waals surface area contributed by atoms with Crippen LogP contribution >= 0.6 is 0 Å². The lowest BCUT2D eigenvalue weighted by Gasteiger charge is -2.40. The molecular weight excluding hydrogens is 755 g/mol. The Balaban J connectivity index is 2.40. The summed E-state index contributed by atoms with van der Waals surface area (Å²) in [5, 5.41) is 54.2. The highest BCUT2D eigenvalue weighted by Gasteiger charge is 2.44. The molecule has 6 N–H and O–H groups in total. The lowest BCUT2D eigenvalue weighted by atomic mass is 9.99. The molecule has 9 heteroatoms. The van der Waals surface area contributed by atoms with Gasteiger partial charge in [-0.1, -0.05) is 170 Å². The predicted octanol–water partition coefficient (Wildman–Crippen LogP) is 10.6. The van der Waals surface area contributed by atoms with E-state index in [1.165, 1.54) is 77.0 Å². The molecule has 1 rings (SSSR count). The fraction of sp³-hybridized carbons (Fsp3) is 0.745. The number of hydrogen-bond donors (Lipinski definition) is 6. The molecule has 1 amide bonds. The first-order valence-corrected chi connectivity index (χ1v) is 24.2. The van der Waals surface area contributed by atoms with E-state index in [0.717, 1.165) is 89.9 Å². The molecule has 0 spiro atoms. The number of ether oxygens (including phenoxy) is 2. The van der Waals surface area contributed by atoms with Gasteiger partial charge in [-0.25, -0.2) is 0 Å². The van der Waals surface area contributed by atoms with E-state index in [-0.39, 0.29) is 12.5 Å². The Morgan fingerprint density at radius 3 is 1.55 bits per heavy atom. The Kier molecular flexibility index (Phi) is 37.7. The van der Waals surface area contributed by atoms with Gasteiger partial charge < -0.3 is 40.3 Å². The summed E-state index contributed by atoms with van der Waals surface area (Å²) < 4.78 is 11.2. The highest BCUT2D eigenvalue weighted by molar-refractivity contribution is 5.76. The minimum absolute atomic E-state index is 0.207. The number of aliphatic hydroxyl groups is 5. The molecule has 1 aliphatic heterocycles. The number of amides is 1. The topological polar surface area (TPSA) is 149 Å². The summed E-state index contributed by atoms with van der Waals surface area (Å²) in [5.74, 6) is -0.207. The third-order valence-electron chi connectivity index (χ3n) is 11.0. The quantitative estimate of drug-likeness (QED) is 0.0265. The van der Waals surface area contributed by atoms with Crippen LogP contribution in [0.15, 0.2) is 72.9 Å². The number of rotatable bonds is 39. The summed E-state index contributed by atoms with van der Waals surface area (Å²) in [5.41, 5.74) is 0. The van der Waals surface area contributed by atoms with E-state index in [1.807, 2.05) is 6.08 Å². The lowest BCUT2D eigenvalue weighted by Crippen LogP contribution is -2.60. The first-order chi connectivity index (χ1) is 29.3. The molecule has 1 aliphatic rings. The van der Waals surface area contributed by atoms with Gasteiger partial charge in [-0.05, 0) is 83.5 Å². The second-order valence-electron chi connectivity index (χ2n) is 16.5. The summed E-state index contributed by atoms with van der Waals surface area (Å²) in [6.07, 6.45) is 47.9. The zero-order valence-corrected chi connectivity index (χ0v) is 37.9. The van der Waals surface area contributed by atoms with Crippen molar-refractivity contribution in [3.8, 4) is 0 Å². The zero-order chi connectivity index (χ0) is 43.7. The zero-order valence-electron chi connectivity index (χ0n) is 37.9. The van der Waals surface area contributed by atoms with Crippen LogP contribution in [0.5, 0.6) is 0 Å². The Hall–Kier alpha value is -2.37. The van der Waals surface area contributed by atoms with Crippen LogP contribution in [0.3, 0.4) is 0 Å². The smallest absolute Gasteiger partial charge is 0.220 e. The second-order valence-corrected chi connectivity index (χ2v) is 16.5. The Morgan fingerprint density at radius 2 is 1.00 bits per heavy atom. The maximum absolute atomic E-state index is 13.0. The molecule has 1 saturated heterocycles. The first-order valence-electron chi connectivity index (χ1n) is 24.2. The third-order valence-corrected chi connectivity index (χ3v) is 11.0. The van der Waals surface area contributed by atoms with Crippen LogP contribution in [0.1, 0.15) is 187 Å². The van der Waals surface area contributed by atoms with Gasteiger partial charge in [0.25, 0.3) is 0 Å². The van der Waals surface area contributed by atoms with Crippen LogP contribution in [-0.4, -0.2) is 87.5 Å². The first kappa shape index (κ1) is 55.6. The van der Waals surface area contributed by atoms with E-state index in [9.17, 15) is 30.3 Å². The Labute approximate surface area is 366 Å². The van der Waals surface area contributed by atoms with Gasteiger partial charge in [0.1, 0.15) is 24.4 Å². The highest BCUT2D eigenvalue weighted by Crippen LogP contribution is 2.22. The van der Waals surface area contributed by atoms with E-state index >= 15 is 0 Å². The van der Waals surface area contributed by atoms with Crippen LogP contribution in [-0.2, 0) is 14.3 Å². The molecule has 60 heavy (non-hydrogen) atoms. The molecule has 0 radical (unpaired) electrons. The normalized spacial score (nSPS) is 21.2. The summed E-state index contributed by atoms with van der Waals surface area (Å²) >= 11 is 0. The van der Waals surface area contributed by atoms with Gasteiger partial charge in [0.05, 0.1) is 25.4 Å². The van der Waals surface area contributed by atoms with Crippen molar-refractivity contribution in [2.75, 3.05) is 13.2 Å². The van der Waals surface area contributed by atoms with E-state index in [4.69, 9.17) is 9.47 Å². The fourth-order valence-electron chi connectivity index (χ4n) is 7.08. The van der Waals surface area contributed by atoms with Crippen LogP contribution in [0.4, 0.5) is 0 Å². The predicted molar refractivity (Wildman–Crippen MR) is 249 cm³/mol. The molecular formula is C51H89NO8. The number of unbranched alkanes of at least 4 members (excludes halogenated alkanes) is 19. The molecule has 1 fully saturated rings. The molecule has 7 unspecified atom stereocenters. The molecule has 0 aliphatic carbocycles. The number of carbonyl (C=O) groups is 1. The fourth-order valence-corrected chi connectivity index (χ4v) is 7.08. The number of carbonyl (C=O) groups excluding carboxylic acids is 1. The molecule has 0 aromatic carbocycles. The van der Waals surface area contributed by atoms with Crippen molar-refractivity contribution in [2.45, 2.75) is 230 Å². The Bertz CT molecular complexity index is 1160. The molecule has 0 aromatic heterocycles. The summed E-state index contributed by atoms with van der Waals surface area (Å²) in [7, 11) is 0. The van der Waals surface area contributed by atoms with Crippen molar-refractivity contribution >= 4 is 5.91 Å². The number of aliphatic hydroxyl groups excluding tert-OH is 5. The van der Waals surface area contributed by atoms with Crippen molar-refractivity contribution in [3.63, 3.8) is 0 Å². The summed E-state index contributed by atoms with van der Waals surface area (Å²) in [6.45, 7) is 3.70. The second kappa shape index (κ2) is 40.7. The van der Waals surface area contributed by atoms with E-state index in [2.05, 4.69) is 79.9 Å². The Morgan fingerprint density at radius 1 is 0.567 bits per heavy atom. The SMILES string of the molecule is CCCCC/C=C\C/C=C\C/C=C\CCCCCCCCC(=O)NC(COC1OC(CO)C(O)C(O)C1O)C(O)/C=C/CC/C=C/CC/C=C/CCCCCCCCCC. The van der Waals surface area contributed by atoms with Crippen LogP contribution < -0.4 is 5.32 Å². The number of nitrogens with one attached hydrogen (secondary N) is 1. The van der Waals surface area contributed by atoms with Crippen molar-refractivity contribution in [1.82, 2.24) is 5.32 Å². The van der Waals surface area contributed by atoms with Crippen molar-refractivity contribution < 1.29 is 39.8 Å². The van der Waals surface area contributed by atoms with Crippen molar-refractivity contribution in [2.24, 2.45) is 0 Å². The molecule has 0 aromatic rings. The van der Waals surface area contributed by atoms with Crippen molar-refractivity contribution in [1.29, 1.82) is 0 Å². The van der Waals surface area contributed by atoms with Crippen molar-refractivity contribution in [3.05, 3.63) is 72.9 Å².